The highest BCUT2D eigenvalue weighted by molar-refractivity contribution is 7.98. The third kappa shape index (κ3) is 3.88. The molecule has 28 heavy (non-hydrogen) atoms. The zero-order valence-electron chi connectivity index (χ0n) is 16.3. The summed E-state index contributed by atoms with van der Waals surface area (Å²) in [5, 5.41) is 5.19. The van der Waals surface area contributed by atoms with Crippen LogP contribution in [0.4, 0.5) is 0 Å². The SMILES string of the molecule is Cc1cc(C)n2nc(SCc3ccccc3C(=O)N3CCOC(C)C3)nc2n1. The van der Waals surface area contributed by atoms with Crippen molar-refractivity contribution in [3.05, 3.63) is 52.8 Å². The van der Waals surface area contributed by atoms with Crippen LogP contribution in [-0.4, -0.2) is 56.2 Å². The molecule has 1 saturated heterocycles. The van der Waals surface area contributed by atoms with E-state index in [0.717, 1.165) is 22.5 Å². The fraction of sp³-hybridized carbons (Fsp3) is 0.400. The number of benzene rings is 1. The average molecular weight is 398 g/mol. The Bertz CT molecular complexity index is 1020. The van der Waals surface area contributed by atoms with Gasteiger partial charge in [-0.1, -0.05) is 30.0 Å². The van der Waals surface area contributed by atoms with Crippen molar-refractivity contribution < 1.29 is 9.53 Å². The second kappa shape index (κ2) is 7.89. The van der Waals surface area contributed by atoms with E-state index in [1.54, 1.807) is 4.52 Å². The van der Waals surface area contributed by atoms with Gasteiger partial charge in [0.25, 0.3) is 11.7 Å². The molecule has 0 aliphatic carbocycles. The predicted molar refractivity (Wildman–Crippen MR) is 108 cm³/mol. The predicted octanol–water partition coefficient (Wildman–Crippen LogP) is 2.89. The molecule has 146 valence electrons. The minimum Gasteiger partial charge on any atom is -0.375 e. The van der Waals surface area contributed by atoms with Crippen LogP contribution in [0.15, 0.2) is 35.5 Å². The molecule has 1 atom stereocenters. The Morgan fingerprint density at radius 1 is 1.29 bits per heavy atom. The highest BCUT2D eigenvalue weighted by atomic mass is 32.2. The van der Waals surface area contributed by atoms with E-state index >= 15 is 0 Å². The Kier molecular flexibility index (Phi) is 5.32. The van der Waals surface area contributed by atoms with Crippen molar-refractivity contribution in [3.8, 4) is 0 Å². The number of fused-ring (bicyclic) bond motifs is 1. The zero-order chi connectivity index (χ0) is 19.7. The molecule has 0 saturated carbocycles. The number of hydrogen-bond acceptors (Lipinski definition) is 6. The van der Waals surface area contributed by atoms with Crippen molar-refractivity contribution in [1.29, 1.82) is 0 Å². The lowest BCUT2D eigenvalue weighted by molar-refractivity contribution is -0.0124. The number of carbonyl (C=O) groups is 1. The van der Waals surface area contributed by atoms with Crippen molar-refractivity contribution >= 4 is 23.4 Å². The first-order chi connectivity index (χ1) is 13.5. The lowest BCUT2D eigenvalue weighted by Crippen LogP contribution is -2.44. The number of rotatable bonds is 4. The van der Waals surface area contributed by atoms with Crippen LogP contribution in [-0.2, 0) is 10.5 Å². The number of nitrogens with zero attached hydrogens (tertiary/aromatic N) is 5. The molecule has 1 fully saturated rings. The van der Waals surface area contributed by atoms with Crippen molar-refractivity contribution in [2.24, 2.45) is 0 Å². The highest BCUT2D eigenvalue weighted by Gasteiger charge is 2.24. The molecule has 0 bridgehead atoms. The topological polar surface area (TPSA) is 72.6 Å². The molecule has 0 radical (unpaired) electrons. The minimum absolute atomic E-state index is 0.0578. The van der Waals surface area contributed by atoms with E-state index in [0.29, 0.717) is 36.4 Å². The quantitative estimate of drug-likeness (QED) is 0.631. The fourth-order valence-electron chi connectivity index (χ4n) is 3.38. The van der Waals surface area contributed by atoms with Gasteiger partial charge in [0.1, 0.15) is 0 Å². The maximum Gasteiger partial charge on any atom is 0.254 e. The first kappa shape index (κ1) is 18.9. The molecular weight excluding hydrogens is 374 g/mol. The molecule has 7 nitrogen and oxygen atoms in total. The van der Waals surface area contributed by atoms with Crippen LogP contribution in [0.3, 0.4) is 0 Å². The first-order valence-electron chi connectivity index (χ1n) is 9.34. The van der Waals surface area contributed by atoms with E-state index in [2.05, 4.69) is 15.1 Å². The summed E-state index contributed by atoms with van der Waals surface area (Å²) in [7, 11) is 0. The van der Waals surface area contributed by atoms with Gasteiger partial charge in [-0.3, -0.25) is 4.79 Å². The van der Waals surface area contributed by atoms with E-state index < -0.39 is 0 Å². The van der Waals surface area contributed by atoms with Gasteiger partial charge in [0.05, 0.1) is 12.7 Å². The average Bonchev–Trinajstić information content (AvgIpc) is 3.09. The first-order valence-corrected chi connectivity index (χ1v) is 10.3. The molecule has 3 heterocycles. The van der Waals surface area contributed by atoms with Crippen LogP contribution in [0, 0.1) is 13.8 Å². The van der Waals surface area contributed by atoms with E-state index in [4.69, 9.17) is 4.74 Å². The van der Waals surface area contributed by atoms with Gasteiger partial charge in [0.2, 0.25) is 5.16 Å². The van der Waals surface area contributed by atoms with Crippen LogP contribution in [0.5, 0.6) is 0 Å². The molecule has 0 spiro atoms. The van der Waals surface area contributed by atoms with Crippen LogP contribution < -0.4 is 0 Å². The summed E-state index contributed by atoms with van der Waals surface area (Å²) < 4.78 is 7.31. The largest absolute Gasteiger partial charge is 0.375 e. The Balaban J connectivity index is 1.53. The summed E-state index contributed by atoms with van der Waals surface area (Å²) >= 11 is 1.51. The number of aromatic nitrogens is 4. The molecule has 8 heteroatoms. The number of carbonyl (C=O) groups excluding carboxylic acids is 1. The van der Waals surface area contributed by atoms with Crippen molar-refractivity contribution in [2.75, 3.05) is 19.7 Å². The zero-order valence-corrected chi connectivity index (χ0v) is 17.1. The molecule has 3 aromatic rings. The third-order valence-electron chi connectivity index (χ3n) is 4.73. The minimum atomic E-state index is 0.0578. The van der Waals surface area contributed by atoms with Gasteiger partial charge in [-0.05, 0) is 38.5 Å². The summed E-state index contributed by atoms with van der Waals surface area (Å²) in [4.78, 5) is 23.8. The molecule has 1 aromatic carbocycles. The Labute approximate surface area is 168 Å². The standard InChI is InChI=1S/C20H23N5O2S/c1-13-10-14(2)25-19(21-13)22-20(23-25)28-12-16-6-4-5-7-17(16)18(26)24-8-9-27-15(3)11-24/h4-7,10,15H,8-9,11-12H2,1-3H3. The second-order valence-corrected chi connectivity index (χ2v) is 7.97. The number of hydrogen-bond donors (Lipinski definition) is 0. The van der Waals surface area contributed by atoms with Gasteiger partial charge in [-0.2, -0.15) is 4.98 Å². The molecule has 1 aliphatic heterocycles. The van der Waals surface area contributed by atoms with E-state index in [9.17, 15) is 4.79 Å². The number of amides is 1. The van der Waals surface area contributed by atoms with E-state index in [1.165, 1.54) is 11.8 Å². The molecule has 1 unspecified atom stereocenters. The number of ether oxygens (including phenoxy) is 1. The van der Waals surface area contributed by atoms with Gasteiger partial charge in [-0.25, -0.2) is 9.50 Å². The second-order valence-electron chi connectivity index (χ2n) is 7.02. The number of morpholine rings is 1. The van der Waals surface area contributed by atoms with Gasteiger partial charge < -0.3 is 9.64 Å². The Morgan fingerprint density at radius 2 is 2.11 bits per heavy atom. The smallest absolute Gasteiger partial charge is 0.254 e. The summed E-state index contributed by atoms with van der Waals surface area (Å²) in [6.07, 6.45) is 0.0700. The summed E-state index contributed by atoms with van der Waals surface area (Å²) in [6, 6.07) is 9.73. The van der Waals surface area contributed by atoms with E-state index in [-0.39, 0.29) is 12.0 Å². The van der Waals surface area contributed by atoms with Gasteiger partial charge in [0, 0.05) is 35.8 Å². The van der Waals surface area contributed by atoms with Crippen molar-refractivity contribution in [1.82, 2.24) is 24.5 Å². The van der Waals surface area contributed by atoms with Crippen LogP contribution in [0.2, 0.25) is 0 Å². The number of aryl methyl sites for hydroxylation is 2. The third-order valence-corrected chi connectivity index (χ3v) is 5.62. The number of thioether (sulfide) groups is 1. The molecule has 0 N–H and O–H groups in total. The van der Waals surface area contributed by atoms with Gasteiger partial charge >= 0.3 is 0 Å². The highest BCUT2D eigenvalue weighted by Crippen LogP contribution is 2.24. The summed E-state index contributed by atoms with van der Waals surface area (Å²) in [5.41, 5.74) is 3.64. The molecule has 1 amide bonds. The van der Waals surface area contributed by atoms with Crippen LogP contribution in [0.1, 0.15) is 34.2 Å². The van der Waals surface area contributed by atoms with Gasteiger partial charge in [-0.15, -0.1) is 5.10 Å². The van der Waals surface area contributed by atoms with Crippen LogP contribution in [0.25, 0.3) is 5.78 Å². The van der Waals surface area contributed by atoms with Crippen molar-refractivity contribution in [2.45, 2.75) is 37.8 Å². The maximum atomic E-state index is 13.0. The Hall–Kier alpha value is -2.45. The monoisotopic (exact) mass is 397 g/mol. The van der Waals surface area contributed by atoms with Crippen LogP contribution >= 0.6 is 11.8 Å². The molecule has 4 rings (SSSR count). The maximum absolute atomic E-state index is 13.0. The molecular formula is C20H23N5O2S. The van der Waals surface area contributed by atoms with Gasteiger partial charge in [0.15, 0.2) is 0 Å². The van der Waals surface area contributed by atoms with Crippen molar-refractivity contribution in [3.63, 3.8) is 0 Å². The lowest BCUT2D eigenvalue weighted by atomic mass is 10.1. The van der Waals surface area contributed by atoms with E-state index in [1.807, 2.05) is 56.0 Å². The normalized spacial score (nSPS) is 17.2. The fourth-order valence-corrected chi connectivity index (χ4v) is 4.20. The Morgan fingerprint density at radius 3 is 2.93 bits per heavy atom. The summed E-state index contributed by atoms with van der Waals surface area (Å²) in [5.74, 6) is 1.28. The molecule has 1 aliphatic rings. The lowest BCUT2D eigenvalue weighted by Gasteiger charge is -2.31. The summed E-state index contributed by atoms with van der Waals surface area (Å²) in [6.45, 7) is 7.77. The molecule has 2 aromatic heterocycles.